The quantitative estimate of drug-likeness (QED) is 0.264. The maximum absolute atomic E-state index is 12.9. The molecule has 0 saturated carbocycles. The van der Waals surface area contributed by atoms with Crippen molar-refractivity contribution in [3.05, 3.63) is 21.8 Å². The molecule has 11 heteroatoms. The van der Waals surface area contributed by atoms with Gasteiger partial charge in [0.05, 0.1) is 38.1 Å². The maximum Gasteiger partial charge on any atom is 0.348 e. The molecule has 0 bridgehead atoms. The average Bonchev–Trinajstić information content (AvgIpc) is 2.53. The van der Waals surface area contributed by atoms with E-state index < -0.39 is 30.6 Å². The molecular weight excluding hydrogens is 687 g/mol. The Morgan fingerprint density at radius 2 is 1.65 bits per heavy atom. The molecule has 8 nitrogen and oxygen atoms in total. The monoisotopic (exact) mass is 703 g/mol. The van der Waals surface area contributed by atoms with Gasteiger partial charge < -0.3 is 24.6 Å². The van der Waals surface area contributed by atoms with E-state index in [-0.39, 0.29) is 17.7 Å². The van der Waals surface area contributed by atoms with Gasteiger partial charge >= 0.3 is 11.9 Å². The van der Waals surface area contributed by atoms with Crippen LogP contribution in [0.25, 0.3) is 0 Å². The number of halogens is 3. The van der Waals surface area contributed by atoms with E-state index in [0.717, 1.165) is 6.92 Å². The van der Waals surface area contributed by atoms with Crippen LogP contribution in [0, 0.1) is 10.7 Å². The first-order valence-electron chi connectivity index (χ1n) is 7.08. The highest BCUT2D eigenvalue weighted by Crippen LogP contribution is 2.38. The fourth-order valence-corrected chi connectivity index (χ4v) is 6.52. The maximum atomic E-state index is 12.9. The van der Waals surface area contributed by atoms with Crippen molar-refractivity contribution in [1.29, 1.82) is 0 Å². The van der Waals surface area contributed by atoms with Crippen molar-refractivity contribution in [2.24, 2.45) is 0 Å². The zero-order valence-electron chi connectivity index (χ0n) is 14.0. The second-order valence-electron chi connectivity index (χ2n) is 5.13. The first kappa shape index (κ1) is 23.8. The molecule has 0 aromatic heterocycles. The zero-order valence-corrected chi connectivity index (χ0v) is 20.5. The van der Waals surface area contributed by atoms with Crippen molar-refractivity contribution in [3.63, 3.8) is 0 Å². The van der Waals surface area contributed by atoms with E-state index >= 15 is 0 Å². The van der Waals surface area contributed by atoms with Gasteiger partial charge in [-0.3, -0.25) is 9.59 Å². The second kappa shape index (κ2) is 10.3. The number of aliphatic hydroxyl groups is 2. The lowest BCUT2D eigenvalue weighted by molar-refractivity contribution is -0.135. The largest absolute Gasteiger partial charge is 0.494 e. The first-order valence-corrected chi connectivity index (χ1v) is 10.3. The van der Waals surface area contributed by atoms with Crippen molar-refractivity contribution in [3.8, 4) is 5.75 Å². The Balaban J connectivity index is 3.55. The molecule has 0 radical (unpaired) electrons. The number of aliphatic hydroxyl groups excluding tert-OH is 2. The Kier molecular flexibility index (Phi) is 9.45. The van der Waals surface area contributed by atoms with Gasteiger partial charge in [-0.1, -0.05) is 0 Å². The molecule has 2 N–H and O–H groups in total. The highest BCUT2D eigenvalue weighted by atomic mass is 127. The van der Waals surface area contributed by atoms with Crippen molar-refractivity contribution in [2.75, 3.05) is 27.3 Å². The van der Waals surface area contributed by atoms with E-state index in [1.165, 1.54) is 19.1 Å². The molecule has 26 heavy (non-hydrogen) atoms. The third kappa shape index (κ3) is 5.39. The molecule has 0 aliphatic rings. The molecule has 1 unspecified atom stereocenters. The van der Waals surface area contributed by atoms with Gasteiger partial charge in [0.25, 0.3) is 5.91 Å². The lowest BCUT2D eigenvalue weighted by atomic mass is 10.1. The molecule has 144 valence electrons. The van der Waals surface area contributed by atoms with Crippen LogP contribution in [0.5, 0.6) is 5.75 Å². The third-order valence-electron chi connectivity index (χ3n) is 3.18. The summed E-state index contributed by atoms with van der Waals surface area (Å²) in [5, 5.41) is 18.5. The molecular formula is C15H16I3NO7. The number of benzene rings is 1. The summed E-state index contributed by atoms with van der Waals surface area (Å²) in [5.41, 5.74) is 0.240. The summed E-state index contributed by atoms with van der Waals surface area (Å²) in [6, 6.07) is 0. The van der Waals surface area contributed by atoms with Crippen molar-refractivity contribution >= 4 is 85.6 Å². The van der Waals surface area contributed by atoms with E-state index in [4.69, 9.17) is 9.84 Å². The molecule has 0 saturated heterocycles. The SMILES string of the molecule is COc1c(I)c(C(=O)OC(C)=O)c(I)c(C(=O)N(C)CC(O)CO)c1I. The van der Waals surface area contributed by atoms with Crippen molar-refractivity contribution in [1.82, 2.24) is 4.90 Å². The van der Waals surface area contributed by atoms with Crippen LogP contribution >= 0.6 is 67.8 Å². The normalized spacial score (nSPS) is 11.7. The van der Waals surface area contributed by atoms with Crippen molar-refractivity contribution in [2.45, 2.75) is 13.0 Å². The number of likely N-dealkylation sites (N-methyl/N-ethyl adjacent to an activating group) is 1. The summed E-state index contributed by atoms with van der Waals surface area (Å²) in [4.78, 5) is 37.6. The fourth-order valence-electron chi connectivity index (χ4n) is 2.02. The topological polar surface area (TPSA) is 113 Å². The van der Waals surface area contributed by atoms with Crippen LogP contribution in [-0.4, -0.2) is 66.4 Å². The summed E-state index contributed by atoms with van der Waals surface area (Å²) >= 11 is 5.67. The number of methoxy groups -OCH3 is 1. The number of nitrogens with zero attached hydrogens (tertiary/aromatic N) is 1. The molecule has 1 aromatic carbocycles. The molecule has 1 rings (SSSR count). The number of rotatable bonds is 6. The van der Waals surface area contributed by atoms with Gasteiger partial charge in [0.15, 0.2) is 0 Å². The molecule has 0 spiro atoms. The Labute approximate surface area is 191 Å². The summed E-state index contributed by atoms with van der Waals surface area (Å²) in [6.45, 7) is 0.526. The Bertz CT molecular complexity index is 739. The minimum atomic E-state index is -1.09. The standard InChI is InChI=1S/C15H16I3NO7/c1-6(21)26-15(24)9-10(16)8(11(17)13(25-3)12(9)18)14(23)19(2)4-7(22)5-20/h7,20,22H,4-5H2,1-3H3. The number of esters is 2. The molecule has 0 aliphatic heterocycles. The Morgan fingerprint density at radius 1 is 1.12 bits per heavy atom. The van der Waals surface area contributed by atoms with E-state index in [1.807, 2.05) is 67.8 Å². The van der Waals surface area contributed by atoms with Gasteiger partial charge in [-0.05, 0) is 67.8 Å². The van der Waals surface area contributed by atoms with Crippen LogP contribution in [0.2, 0.25) is 0 Å². The Morgan fingerprint density at radius 3 is 2.12 bits per heavy atom. The highest BCUT2D eigenvalue weighted by Gasteiger charge is 2.31. The summed E-state index contributed by atoms with van der Waals surface area (Å²) in [7, 11) is 2.87. The van der Waals surface area contributed by atoms with Crippen molar-refractivity contribution < 1.29 is 34.1 Å². The second-order valence-corrected chi connectivity index (χ2v) is 8.36. The number of ether oxygens (including phenoxy) is 2. The molecule has 0 fully saturated rings. The number of carbonyl (C=O) groups is 3. The zero-order chi connectivity index (χ0) is 20.2. The van der Waals surface area contributed by atoms with Gasteiger partial charge in [-0.15, -0.1) is 0 Å². The van der Waals surface area contributed by atoms with Gasteiger partial charge in [0, 0.05) is 24.1 Å². The van der Waals surface area contributed by atoms with Crippen LogP contribution in [-0.2, 0) is 9.53 Å². The van der Waals surface area contributed by atoms with E-state index in [0.29, 0.717) is 16.5 Å². The average molecular weight is 703 g/mol. The smallest absolute Gasteiger partial charge is 0.348 e. The number of hydrogen-bond acceptors (Lipinski definition) is 7. The number of carbonyl (C=O) groups excluding carboxylic acids is 3. The summed E-state index contributed by atoms with van der Waals surface area (Å²) in [5.74, 6) is -1.82. The fraction of sp³-hybridized carbons (Fsp3) is 0.400. The number of amides is 1. The number of hydrogen-bond donors (Lipinski definition) is 2. The lowest BCUT2D eigenvalue weighted by Crippen LogP contribution is -2.37. The van der Waals surface area contributed by atoms with E-state index in [1.54, 1.807) is 0 Å². The van der Waals surface area contributed by atoms with Crippen LogP contribution < -0.4 is 4.74 Å². The van der Waals surface area contributed by atoms with Gasteiger partial charge in [-0.2, -0.15) is 0 Å². The minimum Gasteiger partial charge on any atom is -0.494 e. The van der Waals surface area contributed by atoms with Gasteiger partial charge in [0.2, 0.25) is 0 Å². The first-order chi connectivity index (χ1) is 12.1. The molecule has 0 heterocycles. The summed E-state index contributed by atoms with van der Waals surface area (Å²) < 4.78 is 11.2. The summed E-state index contributed by atoms with van der Waals surface area (Å²) in [6.07, 6.45) is -1.09. The van der Waals surface area contributed by atoms with Gasteiger partial charge in [-0.25, -0.2) is 4.79 Å². The predicted octanol–water partition coefficient (Wildman–Crippen LogP) is 1.64. The molecule has 1 atom stereocenters. The Hall–Kier alpha value is -0.260. The molecule has 0 aliphatic carbocycles. The van der Waals surface area contributed by atoms with E-state index in [2.05, 4.69) is 4.74 Å². The molecule has 1 aromatic rings. The van der Waals surface area contributed by atoms with Gasteiger partial charge in [0.1, 0.15) is 5.75 Å². The lowest BCUT2D eigenvalue weighted by Gasteiger charge is -2.23. The minimum absolute atomic E-state index is 0.0538. The van der Waals surface area contributed by atoms with Crippen LogP contribution in [0.4, 0.5) is 0 Å². The van der Waals surface area contributed by atoms with Crippen LogP contribution in [0.1, 0.15) is 27.6 Å². The van der Waals surface area contributed by atoms with Crippen LogP contribution in [0.3, 0.4) is 0 Å². The van der Waals surface area contributed by atoms with E-state index in [9.17, 15) is 19.5 Å². The predicted molar refractivity (Wildman–Crippen MR) is 117 cm³/mol. The molecule has 1 amide bonds. The highest BCUT2D eigenvalue weighted by molar-refractivity contribution is 14.1. The van der Waals surface area contributed by atoms with Crippen LogP contribution in [0.15, 0.2) is 0 Å². The third-order valence-corrected chi connectivity index (χ3v) is 6.31.